The first-order chi connectivity index (χ1) is 9.29. The second-order valence-corrected chi connectivity index (χ2v) is 6.99. The van der Waals surface area contributed by atoms with Gasteiger partial charge in [-0.05, 0) is 33.6 Å². The molecule has 3 heterocycles. The van der Waals surface area contributed by atoms with Gasteiger partial charge in [-0.1, -0.05) is 0 Å². The number of piperidine rings is 1. The topological polar surface area (TPSA) is 67.9 Å². The molecular weight excluding hydrogens is 260 g/mol. The van der Waals surface area contributed by atoms with Gasteiger partial charge in [0.2, 0.25) is 5.91 Å². The molecule has 2 bridgehead atoms. The van der Waals surface area contributed by atoms with Gasteiger partial charge in [-0.2, -0.15) is 0 Å². The van der Waals surface area contributed by atoms with Gasteiger partial charge in [0.25, 0.3) is 0 Å². The summed E-state index contributed by atoms with van der Waals surface area (Å²) in [6.45, 7) is 7.15. The van der Waals surface area contributed by atoms with Crippen molar-refractivity contribution in [3.8, 4) is 0 Å². The summed E-state index contributed by atoms with van der Waals surface area (Å²) in [6, 6.07) is 0. The van der Waals surface area contributed by atoms with E-state index in [0.29, 0.717) is 26.1 Å². The minimum Gasteiger partial charge on any atom is -0.444 e. The summed E-state index contributed by atoms with van der Waals surface area (Å²) in [5.41, 5.74) is -1.00. The van der Waals surface area contributed by atoms with Gasteiger partial charge in [0.15, 0.2) is 0 Å². The van der Waals surface area contributed by atoms with Gasteiger partial charge in [-0.3, -0.25) is 4.79 Å². The molecule has 0 aromatic carbocycles. The average Bonchev–Trinajstić information content (AvgIpc) is 2.58. The minimum absolute atomic E-state index is 0.0508. The van der Waals surface area contributed by atoms with Crippen molar-refractivity contribution in [2.45, 2.75) is 50.9 Å². The van der Waals surface area contributed by atoms with Crippen molar-refractivity contribution in [2.75, 3.05) is 19.6 Å². The van der Waals surface area contributed by atoms with Gasteiger partial charge in [0, 0.05) is 6.54 Å². The Labute approximate surface area is 118 Å². The van der Waals surface area contributed by atoms with Crippen molar-refractivity contribution in [2.24, 2.45) is 5.92 Å². The van der Waals surface area contributed by atoms with E-state index in [4.69, 9.17) is 9.47 Å². The van der Waals surface area contributed by atoms with Crippen LogP contribution < -0.4 is 5.32 Å². The Bertz CT molecular complexity index is 445. The lowest BCUT2D eigenvalue weighted by molar-refractivity contribution is -0.151. The summed E-state index contributed by atoms with van der Waals surface area (Å²) in [4.78, 5) is 25.9. The molecule has 112 valence electrons. The smallest absolute Gasteiger partial charge is 0.410 e. The molecule has 2 amide bonds. The van der Waals surface area contributed by atoms with E-state index in [-0.39, 0.29) is 24.0 Å². The van der Waals surface area contributed by atoms with Crippen LogP contribution in [0.1, 0.15) is 33.6 Å². The molecule has 3 aliphatic heterocycles. The lowest BCUT2D eigenvalue weighted by Crippen LogP contribution is -2.60. The first-order valence-corrected chi connectivity index (χ1v) is 7.23. The predicted molar refractivity (Wildman–Crippen MR) is 71.1 cm³/mol. The molecule has 1 spiro atoms. The van der Waals surface area contributed by atoms with Gasteiger partial charge in [-0.25, -0.2) is 4.79 Å². The zero-order chi connectivity index (χ0) is 14.5. The van der Waals surface area contributed by atoms with Gasteiger partial charge >= 0.3 is 6.09 Å². The molecule has 6 heteroatoms. The number of carbonyl (C=O) groups excluding carboxylic acids is 2. The summed E-state index contributed by atoms with van der Waals surface area (Å²) in [7, 11) is 0. The summed E-state index contributed by atoms with van der Waals surface area (Å²) in [5, 5.41) is 2.89. The second-order valence-electron chi connectivity index (χ2n) is 6.99. The number of ether oxygens (including phenoxy) is 2. The van der Waals surface area contributed by atoms with E-state index in [0.717, 1.165) is 6.42 Å². The Morgan fingerprint density at radius 2 is 2.25 bits per heavy atom. The number of carbonyl (C=O) groups is 2. The first kappa shape index (κ1) is 13.7. The third-order valence-electron chi connectivity index (χ3n) is 4.23. The van der Waals surface area contributed by atoms with E-state index in [1.165, 1.54) is 0 Å². The van der Waals surface area contributed by atoms with Crippen molar-refractivity contribution >= 4 is 12.0 Å². The molecule has 0 saturated carbocycles. The number of nitrogens with one attached hydrogen (secondary N) is 1. The zero-order valence-corrected chi connectivity index (χ0v) is 12.3. The van der Waals surface area contributed by atoms with Crippen LogP contribution >= 0.6 is 0 Å². The zero-order valence-electron chi connectivity index (χ0n) is 12.3. The third-order valence-corrected chi connectivity index (χ3v) is 4.23. The standard InChI is InChI=1S/C14H22N2O4/c1-13(2,3)20-12(18)16-7-9-6-10-11(17)15-5-4-14(10,8-16)19-9/h9-10H,4-8H2,1-3H3,(H,15,17)/t9-,10?,14+/m1/s1. The second kappa shape index (κ2) is 4.35. The molecule has 3 rings (SSSR count). The van der Waals surface area contributed by atoms with Crippen molar-refractivity contribution in [3.63, 3.8) is 0 Å². The van der Waals surface area contributed by atoms with E-state index >= 15 is 0 Å². The maximum absolute atomic E-state index is 12.2. The fraction of sp³-hybridized carbons (Fsp3) is 0.857. The monoisotopic (exact) mass is 282 g/mol. The maximum atomic E-state index is 12.2. The molecular formula is C14H22N2O4. The highest BCUT2D eigenvalue weighted by Crippen LogP contribution is 2.44. The number of likely N-dealkylation sites (tertiary alicyclic amines) is 1. The van der Waals surface area contributed by atoms with Crippen molar-refractivity contribution in [1.29, 1.82) is 0 Å². The van der Waals surface area contributed by atoms with Gasteiger partial charge in [0.1, 0.15) is 5.60 Å². The Morgan fingerprint density at radius 1 is 1.50 bits per heavy atom. The highest BCUT2D eigenvalue weighted by atomic mass is 16.6. The number of amides is 2. The molecule has 1 N–H and O–H groups in total. The van der Waals surface area contributed by atoms with Crippen LogP contribution in [0.25, 0.3) is 0 Å². The third kappa shape index (κ3) is 2.26. The van der Waals surface area contributed by atoms with Crippen LogP contribution in [-0.4, -0.2) is 53.8 Å². The molecule has 0 aromatic rings. The predicted octanol–water partition coefficient (Wildman–Crippen LogP) is 0.901. The Kier molecular flexibility index (Phi) is 2.97. The van der Waals surface area contributed by atoms with Crippen molar-refractivity contribution < 1.29 is 19.1 Å². The summed E-state index contributed by atoms with van der Waals surface area (Å²) < 4.78 is 11.5. The van der Waals surface area contributed by atoms with E-state index in [9.17, 15) is 9.59 Å². The lowest BCUT2D eigenvalue weighted by atomic mass is 9.81. The van der Waals surface area contributed by atoms with Crippen LogP contribution in [0, 0.1) is 5.92 Å². The quantitative estimate of drug-likeness (QED) is 0.717. The number of hydrogen-bond donors (Lipinski definition) is 1. The fourth-order valence-electron chi connectivity index (χ4n) is 3.48. The van der Waals surface area contributed by atoms with E-state index < -0.39 is 11.2 Å². The average molecular weight is 282 g/mol. The summed E-state index contributed by atoms with van der Waals surface area (Å²) >= 11 is 0. The number of morpholine rings is 1. The molecule has 0 aliphatic carbocycles. The van der Waals surface area contributed by atoms with Crippen LogP contribution in [0.15, 0.2) is 0 Å². The molecule has 3 aliphatic rings. The molecule has 0 aromatic heterocycles. The Morgan fingerprint density at radius 3 is 2.95 bits per heavy atom. The van der Waals surface area contributed by atoms with Crippen molar-refractivity contribution in [1.82, 2.24) is 10.2 Å². The molecule has 20 heavy (non-hydrogen) atoms. The molecule has 3 fully saturated rings. The Balaban J connectivity index is 1.76. The highest BCUT2D eigenvalue weighted by molar-refractivity contribution is 5.82. The number of rotatable bonds is 0. The summed E-state index contributed by atoms with van der Waals surface area (Å²) in [6.07, 6.45) is 1.10. The fourth-order valence-corrected chi connectivity index (χ4v) is 3.48. The van der Waals surface area contributed by atoms with Crippen molar-refractivity contribution in [3.05, 3.63) is 0 Å². The SMILES string of the molecule is CC(C)(C)OC(=O)N1C[C@H]2CC3C(=O)NCC[C@@]3(C1)O2. The summed E-state index contributed by atoms with van der Waals surface area (Å²) in [5.74, 6) is -0.0709. The van der Waals surface area contributed by atoms with Crippen LogP contribution in [-0.2, 0) is 14.3 Å². The van der Waals surface area contributed by atoms with Crippen LogP contribution in [0.4, 0.5) is 4.79 Å². The number of nitrogens with zero attached hydrogens (tertiary/aromatic N) is 1. The van der Waals surface area contributed by atoms with Gasteiger partial charge in [0.05, 0.1) is 30.7 Å². The first-order valence-electron chi connectivity index (χ1n) is 7.23. The number of hydrogen-bond acceptors (Lipinski definition) is 4. The van der Waals surface area contributed by atoms with Crippen LogP contribution in [0.5, 0.6) is 0 Å². The van der Waals surface area contributed by atoms with Gasteiger partial charge in [-0.15, -0.1) is 0 Å². The normalized spacial score (nSPS) is 36.4. The molecule has 6 nitrogen and oxygen atoms in total. The number of fused-ring (bicyclic) bond motifs is 1. The molecule has 3 saturated heterocycles. The highest BCUT2D eigenvalue weighted by Gasteiger charge is 2.58. The molecule has 0 radical (unpaired) electrons. The molecule has 3 atom stereocenters. The largest absolute Gasteiger partial charge is 0.444 e. The van der Waals surface area contributed by atoms with Gasteiger partial charge < -0.3 is 19.7 Å². The van der Waals surface area contributed by atoms with Crippen LogP contribution in [0.2, 0.25) is 0 Å². The van der Waals surface area contributed by atoms with E-state index in [1.807, 2.05) is 20.8 Å². The van der Waals surface area contributed by atoms with E-state index in [1.54, 1.807) is 4.90 Å². The van der Waals surface area contributed by atoms with E-state index in [2.05, 4.69) is 5.32 Å². The minimum atomic E-state index is -0.505. The Hall–Kier alpha value is -1.30. The maximum Gasteiger partial charge on any atom is 0.410 e. The van der Waals surface area contributed by atoms with Crippen LogP contribution in [0.3, 0.4) is 0 Å². The molecule has 1 unspecified atom stereocenters. The lowest BCUT2D eigenvalue weighted by Gasteiger charge is -2.44.